The van der Waals surface area contributed by atoms with Crippen molar-refractivity contribution < 1.29 is 13.9 Å². The zero-order valence-electron chi connectivity index (χ0n) is 7.72. The summed E-state index contributed by atoms with van der Waals surface area (Å²) in [6.45, 7) is 0.00205. The van der Waals surface area contributed by atoms with Gasteiger partial charge >= 0.3 is 0 Å². The summed E-state index contributed by atoms with van der Waals surface area (Å²) in [5.74, 6) is -0.615. The number of rotatable bonds is 4. The Labute approximate surface area is 86.6 Å². The molecule has 0 aliphatic rings. The van der Waals surface area contributed by atoms with Crippen LogP contribution in [0.2, 0.25) is 5.02 Å². The molecule has 1 aromatic rings. The lowest BCUT2D eigenvalue weighted by atomic mass is 10.1. The SMILES string of the molecule is COCC(=O)Cc1ccc(Cl)cc1F. The van der Waals surface area contributed by atoms with Crippen molar-refractivity contribution >= 4 is 17.4 Å². The zero-order valence-corrected chi connectivity index (χ0v) is 8.47. The van der Waals surface area contributed by atoms with Gasteiger partial charge in [-0.3, -0.25) is 4.79 Å². The van der Waals surface area contributed by atoms with E-state index >= 15 is 0 Å². The van der Waals surface area contributed by atoms with E-state index in [1.165, 1.54) is 19.2 Å². The molecule has 0 unspecified atom stereocenters. The van der Waals surface area contributed by atoms with Crippen molar-refractivity contribution in [3.8, 4) is 0 Å². The molecule has 0 aliphatic carbocycles. The summed E-state index contributed by atoms with van der Waals surface area (Å²) in [7, 11) is 1.43. The standard InChI is InChI=1S/C10H10ClFO2/c1-14-6-9(13)4-7-2-3-8(11)5-10(7)12/h2-3,5H,4,6H2,1H3. The van der Waals surface area contributed by atoms with Crippen LogP contribution in [0.4, 0.5) is 4.39 Å². The van der Waals surface area contributed by atoms with Crippen LogP contribution in [0.5, 0.6) is 0 Å². The Morgan fingerprint density at radius 2 is 2.29 bits per heavy atom. The molecule has 0 saturated carbocycles. The van der Waals surface area contributed by atoms with Crippen LogP contribution in [0, 0.1) is 5.82 Å². The first-order valence-electron chi connectivity index (χ1n) is 4.08. The smallest absolute Gasteiger partial charge is 0.162 e. The molecule has 0 N–H and O–H groups in total. The molecule has 0 bridgehead atoms. The predicted molar refractivity (Wildman–Crippen MR) is 52.0 cm³/mol. The van der Waals surface area contributed by atoms with Crippen molar-refractivity contribution in [1.82, 2.24) is 0 Å². The van der Waals surface area contributed by atoms with Gasteiger partial charge in [-0.1, -0.05) is 17.7 Å². The minimum atomic E-state index is -0.457. The molecule has 0 fully saturated rings. The maximum Gasteiger partial charge on any atom is 0.162 e. The number of carbonyl (C=O) groups excluding carboxylic acids is 1. The molecule has 0 saturated heterocycles. The van der Waals surface area contributed by atoms with Crippen molar-refractivity contribution in [2.75, 3.05) is 13.7 Å². The number of benzene rings is 1. The highest BCUT2D eigenvalue weighted by molar-refractivity contribution is 6.30. The number of ether oxygens (including phenoxy) is 1. The van der Waals surface area contributed by atoms with Crippen LogP contribution >= 0.6 is 11.6 Å². The summed E-state index contributed by atoms with van der Waals surface area (Å²) in [6.07, 6.45) is 0.0385. The summed E-state index contributed by atoms with van der Waals surface area (Å²) in [4.78, 5) is 11.1. The van der Waals surface area contributed by atoms with Crippen LogP contribution in [-0.4, -0.2) is 19.5 Å². The lowest BCUT2D eigenvalue weighted by molar-refractivity contribution is -0.122. The van der Waals surface area contributed by atoms with E-state index < -0.39 is 5.82 Å². The quantitative estimate of drug-likeness (QED) is 0.772. The fraction of sp³-hybridized carbons (Fsp3) is 0.300. The average molecular weight is 217 g/mol. The molecule has 1 rings (SSSR count). The molecule has 0 spiro atoms. The predicted octanol–water partition coefficient (Wildman–Crippen LogP) is 2.24. The Hall–Kier alpha value is -0.930. The van der Waals surface area contributed by atoms with E-state index in [1.54, 1.807) is 6.07 Å². The number of methoxy groups -OCH3 is 1. The summed E-state index contributed by atoms with van der Waals surface area (Å²) in [6, 6.07) is 4.25. The Kier molecular flexibility index (Phi) is 4.04. The molecule has 4 heteroatoms. The second kappa shape index (κ2) is 5.08. The summed E-state index contributed by atoms with van der Waals surface area (Å²) in [5.41, 5.74) is 0.344. The third-order valence-electron chi connectivity index (χ3n) is 1.71. The van der Waals surface area contributed by atoms with Crippen LogP contribution in [-0.2, 0) is 16.0 Å². The molecule has 0 amide bonds. The number of hydrogen-bond acceptors (Lipinski definition) is 2. The van der Waals surface area contributed by atoms with Crippen LogP contribution in [0.25, 0.3) is 0 Å². The molecule has 2 nitrogen and oxygen atoms in total. The number of ketones is 1. The molecule has 76 valence electrons. The van der Waals surface area contributed by atoms with Crippen molar-refractivity contribution in [3.63, 3.8) is 0 Å². The van der Waals surface area contributed by atoms with Crippen LogP contribution in [0.3, 0.4) is 0 Å². The fourth-order valence-electron chi connectivity index (χ4n) is 1.09. The molecule has 0 aliphatic heterocycles. The molecule has 14 heavy (non-hydrogen) atoms. The van der Waals surface area contributed by atoms with Crippen LogP contribution in [0.15, 0.2) is 18.2 Å². The zero-order chi connectivity index (χ0) is 10.6. The van der Waals surface area contributed by atoms with Gasteiger partial charge in [0.1, 0.15) is 12.4 Å². The van der Waals surface area contributed by atoms with E-state index in [2.05, 4.69) is 4.74 Å². The van der Waals surface area contributed by atoms with E-state index in [0.29, 0.717) is 10.6 Å². The first-order chi connectivity index (χ1) is 6.63. The van der Waals surface area contributed by atoms with E-state index in [4.69, 9.17) is 11.6 Å². The van der Waals surface area contributed by atoms with Gasteiger partial charge in [-0.05, 0) is 17.7 Å². The van der Waals surface area contributed by atoms with Crippen molar-refractivity contribution in [2.45, 2.75) is 6.42 Å². The van der Waals surface area contributed by atoms with Crippen LogP contribution < -0.4 is 0 Å². The highest BCUT2D eigenvalue weighted by Crippen LogP contribution is 2.15. The van der Waals surface area contributed by atoms with Gasteiger partial charge in [0.15, 0.2) is 5.78 Å². The first kappa shape index (κ1) is 11.1. The first-order valence-corrected chi connectivity index (χ1v) is 4.46. The highest BCUT2D eigenvalue weighted by Gasteiger charge is 2.08. The Balaban J connectivity index is 2.72. The van der Waals surface area contributed by atoms with Gasteiger partial charge in [0, 0.05) is 18.6 Å². The van der Waals surface area contributed by atoms with Gasteiger partial charge in [-0.25, -0.2) is 4.39 Å². The summed E-state index contributed by atoms with van der Waals surface area (Å²) < 4.78 is 17.8. The number of halogens is 2. The van der Waals surface area contributed by atoms with E-state index in [1.807, 2.05) is 0 Å². The van der Waals surface area contributed by atoms with Gasteiger partial charge in [0.2, 0.25) is 0 Å². The van der Waals surface area contributed by atoms with Gasteiger partial charge in [0.05, 0.1) is 0 Å². The molecular formula is C10H10ClFO2. The van der Waals surface area contributed by atoms with Crippen LogP contribution in [0.1, 0.15) is 5.56 Å². The van der Waals surface area contributed by atoms with E-state index in [-0.39, 0.29) is 18.8 Å². The highest BCUT2D eigenvalue weighted by atomic mass is 35.5. The summed E-state index contributed by atoms with van der Waals surface area (Å²) >= 11 is 5.57. The molecule has 1 aromatic carbocycles. The monoisotopic (exact) mass is 216 g/mol. The molecule has 0 aromatic heterocycles. The van der Waals surface area contributed by atoms with Gasteiger partial charge in [0.25, 0.3) is 0 Å². The topological polar surface area (TPSA) is 26.3 Å². The molecule has 0 atom stereocenters. The fourth-order valence-corrected chi connectivity index (χ4v) is 1.25. The lowest BCUT2D eigenvalue weighted by Gasteiger charge is -2.02. The Morgan fingerprint density at radius 1 is 1.57 bits per heavy atom. The Morgan fingerprint density at radius 3 is 2.86 bits per heavy atom. The average Bonchev–Trinajstić information content (AvgIpc) is 2.10. The third kappa shape index (κ3) is 3.09. The van der Waals surface area contributed by atoms with E-state index in [9.17, 15) is 9.18 Å². The Bertz CT molecular complexity index is 339. The third-order valence-corrected chi connectivity index (χ3v) is 1.94. The van der Waals surface area contributed by atoms with Crippen molar-refractivity contribution in [2.24, 2.45) is 0 Å². The maximum absolute atomic E-state index is 13.2. The van der Waals surface area contributed by atoms with Crippen molar-refractivity contribution in [3.05, 3.63) is 34.6 Å². The largest absolute Gasteiger partial charge is 0.377 e. The van der Waals surface area contributed by atoms with E-state index in [0.717, 1.165) is 0 Å². The number of Topliss-reactive ketones (excluding diaryl/α,β-unsaturated/α-hetero) is 1. The molecule has 0 heterocycles. The minimum absolute atomic E-state index is 0.00205. The van der Waals surface area contributed by atoms with Gasteiger partial charge < -0.3 is 4.74 Å². The maximum atomic E-state index is 13.2. The second-order valence-electron chi connectivity index (χ2n) is 2.88. The number of carbonyl (C=O) groups is 1. The summed E-state index contributed by atoms with van der Waals surface area (Å²) in [5, 5.41) is 0.324. The molecule has 0 radical (unpaired) electrons. The van der Waals surface area contributed by atoms with Gasteiger partial charge in [-0.2, -0.15) is 0 Å². The number of hydrogen-bond donors (Lipinski definition) is 0. The minimum Gasteiger partial charge on any atom is -0.377 e. The normalized spacial score (nSPS) is 10.2. The van der Waals surface area contributed by atoms with Crippen molar-refractivity contribution in [1.29, 1.82) is 0 Å². The molecular weight excluding hydrogens is 207 g/mol. The second-order valence-corrected chi connectivity index (χ2v) is 3.32. The van der Waals surface area contributed by atoms with Gasteiger partial charge in [-0.15, -0.1) is 0 Å². The lowest BCUT2D eigenvalue weighted by Crippen LogP contribution is -2.10.